The third-order valence-electron chi connectivity index (χ3n) is 4.78. The summed E-state index contributed by atoms with van der Waals surface area (Å²) in [7, 11) is 0. The van der Waals surface area contributed by atoms with Crippen molar-refractivity contribution >= 4 is 29.1 Å². The summed E-state index contributed by atoms with van der Waals surface area (Å²) in [5.74, 6) is 0.534. The van der Waals surface area contributed by atoms with Gasteiger partial charge in [-0.1, -0.05) is 35.3 Å². The van der Waals surface area contributed by atoms with Crippen LogP contribution in [0.25, 0.3) is 0 Å². The minimum atomic E-state index is -0.677. The second kappa shape index (κ2) is 10.2. The second-order valence-corrected chi connectivity index (χ2v) is 7.83. The van der Waals surface area contributed by atoms with Crippen molar-refractivity contribution in [2.24, 2.45) is 5.73 Å². The maximum Gasteiger partial charge on any atom is 0.252 e. The summed E-state index contributed by atoms with van der Waals surface area (Å²) in [5.41, 5.74) is 5.64. The highest BCUT2D eigenvalue weighted by atomic mass is 35.5. The van der Waals surface area contributed by atoms with Gasteiger partial charge in [0.2, 0.25) is 0 Å². The minimum Gasteiger partial charge on any atom is -0.490 e. The van der Waals surface area contributed by atoms with E-state index in [1.54, 1.807) is 36.4 Å². The number of rotatable bonds is 8. The Morgan fingerprint density at radius 1 is 1.17 bits per heavy atom. The van der Waals surface area contributed by atoms with Crippen molar-refractivity contribution in [3.8, 4) is 11.5 Å². The summed E-state index contributed by atoms with van der Waals surface area (Å²) < 4.78 is 11.6. The quantitative estimate of drug-likeness (QED) is 0.659. The number of likely N-dealkylation sites (tertiary alicyclic amines) is 1. The number of piperidine rings is 1. The number of ether oxygens (including phenoxy) is 2. The van der Waals surface area contributed by atoms with Gasteiger partial charge < -0.3 is 25.2 Å². The van der Waals surface area contributed by atoms with Crippen LogP contribution in [0.15, 0.2) is 42.5 Å². The van der Waals surface area contributed by atoms with Crippen molar-refractivity contribution in [2.75, 3.05) is 26.2 Å². The lowest BCUT2D eigenvalue weighted by atomic mass is 10.1. The molecule has 1 saturated heterocycles. The van der Waals surface area contributed by atoms with Crippen molar-refractivity contribution in [2.45, 2.75) is 25.0 Å². The van der Waals surface area contributed by atoms with Gasteiger partial charge in [-0.25, -0.2) is 0 Å². The fraction of sp³-hybridized carbons (Fsp3) is 0.381. The number of β-amino-alcohol motifs (C(OH)–C–C–N with tert-alkyl or cyclic N) is 1. The van der Waals surface area contributed by atoms with E-state index in [4.69, 9.17) is 38.4 Å². The Hall–Kier alpha value is -1.99. The Morgan fingerprint density at radius 2 is 1.90 bits per heavy atom. The number of primary amides is 1. The molecular weight excluding hydrogens is 415 g/mol. The molecule has 0 aromatic heterocycles. The summed E-state index contributed by atoms with van der Waals surface area (Å²) in [5, 5.41) is 11.3. The number of nitrogens with zero attached hydrogens (tertiary/aromatic N) is 1. The van der Waals surface area contributed by atoms with Crippen LogP contribution in [-0.4, -0.2) is 54.4 Å². The average Bonchev–Trinajstić information content (AvgIpc) is 2.71. The monoisotopic (exact) mass is 438 g/mol. The maximum atomic E-state index is 11.4. The Balaban J connectivity index is 1.42. The fourth-order valence-electron chi connectivity index (χ4n) is 3.29. The number of halogens is 2. The van der Waals surface area contributed by atoms with E-state index < -0.39 is 12.0 Å². The zero-order chi connectivity index (χ0) is 20.8. The van der Waals surface area contributed by atoms with Crippen LogP contribution in [0, 0.1) is 0 Å². The summed E-state index contributed by atoms with van der Waals surface area (Å²) in [6.45, 7) is 2.18. The molecule has 3 N–H and O–H groups in total. The van der Waals surface area contributed by atoms with Crippen molar-refractivity contribution in [3.05, 3.63) is 58.1 Å². The van der Waals surface area contributed by atoms with Gasteiger partial charge in [0, 0.05) is 25.7 Å². The van der Waals surface area contributed by atoms with Gasteiger partial charge in [0.15, 0.2) is 0 Å². The van der Waals surface area contributed by atoms with Crippen molar-refractivity contribution in [1.29, 1.82) is 0 Å². The van der Waals surface area contributed by atoms with Crippen LogP contribution in [-0.2, 0) is 0 Å². The van der Waals surface area contributed by atoms with E-state index in [1.807, 2.05) is 6.07 Å². The highest BCUT2D eigenvalue weighted by Crippen LogP contribution is 2.28. The van der Waals surface area contributed by atoms with Crippen LogP contribution in [0.4, 0.5) is 0 Å². The molecule has 8 heteroatoms. The first-order valence-electron chi connectivity index (χ1n) is 9.46. The predicted molar refractivity (Wildman–Crippen MR) is 113 cm³/mol. The van der Waals surface area contributed by atoms with Gasteiger partial charge in [-0.15, -0.1) is 0 Å². The van der Waals surface area contributed by atoms with Crippen LogP contribution in [0.2, 0.25) is 10.0 Å². The Kier molecular flexibility index (Phi) is 7.61. The van der Waals surface area contributed by atoms with Crippen LogP contribution in [0.1, 0.15) is 23.2 Å². The molecule has 1 aliphatic heterocycles. The number of nitrogens with two attached hydrogens (primary N) is 1. The lowest BCUT2D eigenvalue weighted by Crippen LogP contribution is -2.43. The number of hydrogen-bond acceptors (Lipinski definition) is 5. The van der Waals surface area contributed by atoms with Gasteiger partial charge >= 0.3 is 0 Å². The van der Waals surface area contributed by atoms with E-state index >= 15 is 0 Å². The largest absolute Gasteiger partial charge is 0.490 e. The number of benzene rings is 2. The predicted octanol–water partition coefficient (Wildman–Crippen LogP) is 3.38. The van der Waals surface area contributed by atoms with E-state index in [0.717, 1.165) is 25.9 Å². The Morgan fingerprint density at radius 3 is 2.59 bits per heavy atom. The van der Waals surface area contributed by atoms with Crippen LogP contribution < -0.4 is 15.2 Å². The van der Waals surface area contributed by atoms with E-state index in [2.05, 4.69) is 4.90 Å². The molecule has 2 aromatic carbocycles. The van der Waals surface area contributed by atoms with E-state index in [-0.39, 0.29) is 12.7 Å². The first kappa shape index (κ1) is 21.7. The summed E-state index contributed by atoms with van der Waals surface area (Å²) in [6, 6.07) is 12.0. The van der Waals surface area contributed by atoms with Gasteiger partial charge in [0.25, 0.3) is 5.91 Å². The van der Waals surface area contributed by atoms with Crippen molar-refractivity contribution in [1.82, 2.24) is 4.90 Å². The van der Waals surface area contributed by atoms with Crippen molar-refractivity contribution in [3.63, 3.8) is 0 Å². The van der Waals surface area contributed by atoms with Gasteiger partial charge in [0.05, 0.1) is 15.6 Å². The number of carbonyl (C=O) groups excluding carboxylic acids is 1. The number of aliphatic hydroxyl groups excluding tert-OH is 1. The summed E-state index contributed by atoms with van der Waals surface area (Å²) in [4.78, 5) is 13.6. The number of carbonyl (C=O) groups is 1. The molecule has 1 atom stereocenters. The molecule has 156 valence electrons. The zero-order valence-corrected chi connectivity index (χ0v) is 17.4. The smallest absolute Gasteiger partial charge is 0.252 e. The molecule has 2 aromatic rings. The van der Waals surface area contributed by atoms with E-state index in [1.165, 1.54) is 0 Å². The number of hydrogen-bond donors (Lipinski definition) is 2. The van der Waals surface area contributed by atoms with Crippen molar-refractivity contribution < 1.29 is 19.4 Å². The minimum absolute atomic E-state index is 0.0873. The molecule has 1 aliphatic rings. The van der Waals surface area contributed by atoms with E-state index in [0.29, 0.717) is 33.7 Å². The van der Waals surface area contributed by atoms with Gasteiger partial charge in [-0.05, 0) is 37.1 Å². The van der Waals surface area contributed by atoms with Crippen LogP contribution in [0.5, 0.6) is 11.5 Å². The third-order valence-corrected chi connectivity index (χ3v) is 5.52. The molecule has 0 aliphatic carbocycles. The second-order valence-electron chi connectivity index (χ2n) is 7.02. The zero-order valence-electron chi connectivity index (χ0n) is 15.9. The molecule has 0 radical (unpaired) electrons. The average molecular weight is 439 g/mol. The SMILES string of the molecule is NC(=O)c1ccccc1OCC(O)CN1CCC(Oc2ccc(Cl)c(Cl)c2)CC1. The molecular formula is C21H24Cl2N2O4. The highest BCUT2D eigenvalue weighted by molar-refractivity contribution is 6.42. The lowest BCUT2D eigenvalue weighted by molar-refractivity contribution is 0.0399. The summed E-state index contributed by atoms with van der Waals surface area (Å²) in [6.07, 6.45) is 1.11. The highest BCUT2D eigenvalue weighted by Gasteiger charge is 2.23. The first-order valence-corrected chi connectivity index (χ1v) is 10.2. The van der Waals surface area contributed by atoms with Crippen LogP contribution in [0.3, 0.4) is 0 Å². The molecule has 1 heterocycles. The lowest BCUT2D eigenvalue weighted by Gasteiger charge is -2.33. The van der Waals surface area contributed by atoms with Gasteiger partial charge in [0.1, 0.15) is 30.3 Å². The molecule has 29 heavy (non-hydrogen) atoms. The van der Waals surface area contributed by atoms with Gasteiger partial charge in [-0.3, -0.25) is 4.79 Å². The van der Waals surface area contributed by atoms with Crippen LogP contribution >= 0.6 is 23.2 Å². The van der Waals surface area contributed by atoms with Gasteiger partial charge in [-0.2, -0.15) is 0 Å². The topological polar surface area (TPSA) is 85.0 Å². The number of para-hydroxylation sites is 1. The Labute approximate surface area is 180 Å². The molecule has 1 amide bonds. The normalized spacial score (nSPS) is 16.4. The molecule has 0 spiro atoms. The molecule has 1 unspecified atom stereocenters. The summed E-state index contributed by atoms with van der Waals surface area (Å²) >= 11 is 12.0. The Bertz CT molecular complexity index is 841. The molecule has 0 saturated carbocycles. The number of amides is 1. The standard InChI is InChI=1S/C21H24Cl2N2O4/c22-18-6-5-16(11-19(18)23)29-15-7-9-25(10-8-15)12-14(26)13-28-20-4-2-1-3-17(20)21(24)27/h1-6,11,14-15,26H,7-10,12-13H2,(H2,24,27). The molecule has 6 nitrogen and oxygen atoms in total. The molecule has 0 bridgehead atoms. The maximum absolute atomic E-state index is 11.4. The first-order chi connectivity index (χ1) is 13.9. The number of aliphatic hydroxyl groups is 1. The van der Waals surface area contributed by atoms with E-state index in [9.17, 15) is 9.90 Å². The fourth-order valence-corrected chi connectivity index (χ4v) is 3.57. The molecule has 1 fully saturated rings. The molecule has 3 rings (SSSR count). The third kappa shape index (κ3) is 6.24.